The van der Waals surface area contributed by atoms with Crippen LogP contribution in [0.2, 0.25) is 0 Å². The monoisotopic (exact) mass is 285 g/mol. The smallest absolute Gasteiger partial charge is 0.214 e. The molecule has 0 aliphatic carbocycles. The van der Waals surface area contributed by atoms with Crippen molar-refractivity contribution in [3.05, 3.63) is 30.1 Å². The average molecular weight is 285 g/mol. The molecule has 0 unspecified atom stereocenters. The largest absolute Gasteiger partial charge is 0.390 e. The molecule has 1 fully saturated rings. The maximum absolute atomic E-state index is 12.2. The lowest BCUT2D eigenvalue weighted by Crippen LogP contribution is -2.45. The van der Waals surface area contributed by atoms with Crippen LogP contribution >= 0.6 is 0 Å². The van der Waals surface area contributed by atoms with Crippen molar-refractivity contribution in [2.75, 3.05) is 25.9 Å². The number of aliphatic hydroxyl groups is 1. The van der Waals surface area contributed by atoms with E-state index in [9.17, 15) is 13.5 Å². The molecule has 1 aliphatic rings. The van der Waals surface area contributed by atoms with E-state index in [1.54, 1.807) is 12.3 Å². The van der Waals surface area contributed by atoms with Crippen molar-refractivity contribution in [3.63, 3.8) is 0 Å². The molecule has 106 valence electrons. The lowest BCUT2D eigenvalue weighted by Gasteiger charge is -2.25. The van der Waals surface area contributed by atoms with Crippen LogP contribution in [0, 0.1) is 0 Å². The number of aryl methyl sites for hydroxylation is 1. The van der Waals surface area contributed by atoms with E-state index in [1.807, 2.05) is 12.1 Å². The molecule has 0 amide bonds. The lowest BCUT2D eigenvalue weighted by molar-refractivity contribution is 0.136. The van der Waals surface area contributed by atoms with Gasteiger partial charge in [-0.3, -0.25) is 4.98 Å². The Labute approximate surface area is 113 Å². The molecule has 0 aromatic carbocycles. The SMILES string of the molecule is CN([C@H]1CNC[C@@H]1O)S(=O)(=O)CCc1ccccn1. The second kappa shape index (κ2) is 5.96. The summed E-state index contributed by atoms with van der Waals surface area (Å²) < 4.78 is 25.7. The zero-order chi connectivity index (χ0) is 13.9. The van der Waals surface area contributed by atoms with Crippen molar-refractivity contribution in [2.24, 2.45) is 0 Å². The van der Waals surface area contributed by atoms with Crippen LogP contribution in [0.4, 0.5) is 0 Å². The molecule has 1 aromatic rings. The zero-order valence-electron chi connectivity index (χ0n) is 10.9. The summed E-state index contributed by atoms with van der Waals surface area (Å²) in [6.45, 7) is 0.922. The Morgan fingerprint density at radius 2 is 2.26 bits per heavy atom. The fraction of sp³-hybridized carbons (Fsp3) is 0.583. The summed E-state index contributed by atoms with van der Waals surface area (Å²) in [5.41, 5.74) is 0.754. The highest BCUT2D eigenvalue weighted by Crippen LogP contribution is 2.13. The van der Waals surface area contributed by atoms with Crippen LogP contribution in [0.25, 0.3) is 0 Å². The van der Waals surface area contributed by atoms with E-state index < -0.39 is 16.1 Å². The minimum absolute atomic E-state index is 0.00370. The van der Waals surface area contributed by atoms with Gasteiger partial charge in [-0.15, -0.1) is 0 Å². The number of aliphatic hydroxyl groups excluding tert-OH is 1. The van der Waals surface area contributed by atoms with Gasteiger partial charge in [0, 0.05) is 38.4 Å². The summed E-state index contributed by atoms with van der Waals surface area (Å²) in [4.78, 5) is 4.11. The molecular formula is C12H19N3O3S. The van der Waals surface area contributed by atoms with Crippen molar-refractivity contribution < 1.29 is 13.5 Å². The van der Waals surface area contributed by atoms with Crippen LogP contribution in [0.15, 0.2) is 24.4 Å². The first-order valence-electron chi connectivity index (χ1n) is 6.25. The van der Waals surface area contributed by atoms with Gasteiger partial charge in [0.1, 0.15) is 0 Å². The standard InChI is InChI=1S/C12H19N3O3S/c1-15(11-8-13-9-12(11)16)19(17,18)7-5-10-4-2-3-6-14-10/h2-4,6,11-13,16H,5,7-9H2,1H3/t11-,12-/m0/s1. The van der Waals surface area contributed by atoms with Gasteiger partial charge >= 0.3 is 0 Å². The second-order valence-electron chi connectivity index (χ2n) is 4.70. The molecule has 1 aromatic heterocycles. The van der Waals surface area contributed by atoms with Gasteiger partial charge in [0.2, 0.25) is 10.0 Å². The number of pyridine rings is 1. The topological polar surface area (TPSA) is 82.5 Å². The van der Waals surface area contributed by atoms with Gasteiger partial charge in [-0.25, -0.2) is 8.42 Å². The normalized spacial score (nSPS) is 23.9. The van der Waals surface area contributed by atoms with E-state index in [0.29, 0.717) is 19.5 Å². The van der Waals surface area contributed by atoms with Crippen LogP contribution in [0.3, 0.4) is 0 Å². The predicted octanol–water partition coefficient (Wildman–Crippen LogP) is -0.782. The first-order valence-corrected chi connectivity index (χ1v) is 7.86. The lowest BCUT2D eigenvalue weighted by atomic mass is 10.2. The molecule has 0 spiro atoms. The summed E-state index contributed by atoms with van der Waals surface area (Å²) in [6.07, 6.45) is 1.38. The first kappa shape index (κ1) is 14.4. The highest BCUT2D eigenvalue weighted by atomic mass is 32.2. The highest BCUT2D eigenvalue weighted by molar-refractivity contribution is 7.89. The van der Waals surface area contributed by atoms with E-state index >= 15 is 0 Å². The summed E-state index contributed by atoms with van der Waals surface area (Å²) in [6, 6.07) is 5.06. The van der Waals surface area contributed by atoms with Crippen LogP contribution in [0.5, 0.6) is 0 Å². The number of aromatic nitrogens is 1. The second-order valence-corrected chi connectivity index (χ2v) is 6.84. The van der Waals surface area contributed by atoms with Gasteiger partial charge < -0.3 is 10.4 Å². The predicted molar refractivity (Wildman–Crippen MR) is 72.2 cm³/mol. The molecule has 2 atom stereocenters. The van der Waals surface area contributed by atoms with Gasteiger partial charge in [0.25, 0.3) is 0 Å². The Morgan fingerprint density at radius 1 is 1.47 bits per heavy atom. The molecule has 2 N–H and O–H groups in total. The summed E-state index contributed by atoms with van der Waals surface area (Å²) in [5, 5.41) is 12.7. The van der Waals surface area contributed by atoms with Crippen molar-refractivity contribution in [1.82, 2.24) is 14.6 Å². The van der Waals surface area contributed by atoms with E-state index in [-0.39, 0.29) is 11.8 Å². The van der Waals surface area contributed by atoms with E-state index in [2.05, 4.69) is 10.3 Å². The Morgan fingerprint density at radius 3 is 2.84 bits per heavy atom. The maximum atomic E-state index is 12.2. The number of nitrogens with zero attached hydrogens (tertiary/aromatic N) is 2. The van der Waals surface area contributed by atoms with Crippen molar-refractivity contribution in [3.8, 4) is 0 Å². The van der Waals surface area contributed by atoms with E-state index in [1.165, 1.54) is 11.4 Å². The van der Waals surface area contributed by atoms with Crippen LogP contribution in [-0.2, 0) is 16.4 Å². The minimum Gasteiger partial charge on any atom is -0.390 e. The fourth-order valence-electron chi connectivity index (χ4n) is 2.15. The van der Waals surface area contributed by atoms with Crippen molar-refractivity contribution >= 4 is 10.0 Å². The Balaban J connectivity index is 1.98. The number of sulfonamides is 1. The van der Waals surface area contributed by atoms with Gasteiger partial charge in [-0.1, -0.05) is 6.07 Å². The van der Waals surface area contributed by atoms with Gasteiger partial charge in [-0.2, -0.15) is 4.31 Å². The third kappa shape index (κ3) is 3.50. The molecule has 0 radical (unpaired) electrons. The number of likely N-dealkylation sites (N-methyl/N-ethyl adjacent to an activating group) is 1. The summed E-state index contributed by atoms with van der Waals surface area (Å²) >= 11 is 0. The molecule has 0 saturated carbocycles. The van der Waals surface area contributed by atoms with Gasteiger partial charge in [0.05, 0.1) is 17.9 Å². The minimum atomic E-state index is -3.38. The van der Waals surface area contributed by atoms with Crippen molar-refractivity contribution in [2.45, 2.75) is 18.6 Å². The molecule has 6 nitrogen and oxygen atoms in total. The molecule has 1 aliphatic heterocycles. The highest BCUT2D eigenvalue weighted by Gasteiger charge is 2.34. The number of nitrogens with one attached hydrogen (secondary N) is 1. The number of hydrogen-bond donors (Lipinski definition) is 2. The average Bonchev–Trinajstić information content (AvgIpc) is 2.83. The summed E-state index contributed by atoms with van der Waals surface area (Å²) in [7, 11) is -1.86. The van der Waals surface area contributed by atoms with Crippen LogP contribution in [0.1, 0.15) is 5.69 Å². The Kier molecular flexibility index (Phi) is 4.51. The Bertz CT molecular complexity index is 506. The van der Waals surface area contributed by atoms with Crippen LogP contribution in [-0.4, -0.2) is 60.8 Å². The summed E-state index contributed by atoms with van der Waals surface area (Å²) in [5.74, 6) is 0.00370. The van der Waals surface area contributed by atoms with Gasteiger partial charge in [-0.05, 0) is 12.1 Å². The number of hydrogen-bond acceptors (Lipinski definition) is 5. The molecule has 0 bridgehead atoms. The molecular weight excluding hydrogens is 266 g/mol. The Hall–Kier alpha value is -1.02. The van der Waals surface area contributed by atoms with Crippen molar-refractivity contribution in [1.29, 1.82) is 0 Å². The molecule has 7 heteroatoms. The van der Waals surface area contributed by atoms with Crippen LogP contribution < -0.4 is 5.32 Å². The first-order chi connectivity index (χ1) is 9.00. The number of β-amino-alcohol motifs (C(OH)–C–C–N with tert-alkyl or cyclic N) is 1. The third-order valence-corrected chi connectivity index (χ3v) is 5.27. The molecule has 1 saturated heterocycles. The van der Waals surface area contributed by atoms with E-state index in [4.69, 9.17) is 0 Å². The fourth-order valence-corrected chi connectivity index (χ4v) is 3.53. The zero-order valence-corrected chi connectivity index (χ0v) is 11.7. The quantitative estimate of drug-likeness (QED) is 0.741. The maximum Gasteiger partial charge on any atom is 0.214 e. The van der Waals surface area contributed by atoms with E-state index in [0.717, 1.165) is 5.69 Å². The third-order valence-electron chi connectivity index (χ3n) is 3.40. The molecule has 2 rings (SSSR count). The molecule has 2 heterocycles. The van der Waals surface area contributed by atoms with Gasteiger partial charge in [0.15, 0.2) is 0 Å². The molecule has 19 heavy (non-hydrogen) atoms. The number of rotatable bonds is 5.